The summed E-state index contributed by atoms with van der Waals surface area (Å²) in [5.41, 5.74) is 6.61. The molecular weight excluding hydrogens is 272 g/mol. The Morgan fingerprint density at radius 3 is 2.55 bits per heavy atom. The molecule has 1 aliphatic heterocycles. The number of nitrogens with two attached hydrogens (primary N) is 1. The molecule has 4 nitrogen and oxygen atoms in total. The second kappa shape index (κ2) is 5.47. The zero-order valence-corrected chi connectivity index (χ0v) is 13.3. The zero-order chi connectivity index (χ0) is 15.0. The first-order valence-electron chi connectivity index (χ1n) is 7.18. The molecule has 1 unspecified atom stereocenters. The van der Waals surface area contributed by atoms with Crippen molar-refractivity contribution in [3.05, 3.63) is 29.8 Å². The van der Waals surface area contributed by atoms with E-state index in [0.717, 1.165) is 12.1 Å². The Morgan fingerprint density at radius 2 is 2.00 bits per heavy atom. The zero-order valence-electron chi connectivity index (χ0n) is 12.5. The van der Waals surface area contributed by atoms with E-state index < -0.39 is 9.84 Å². The molecule has 1 aliphatic rings. The minimum absolute atomic E-state index is 0.171. The molecule has 0 radical (unpaired) electrons. The summed E-state index contributed by atoms with van der Waals surface area (Å²) >= 11 is 0. The van der Waals surface area contributed by atoms with Gasteiger partial charge in [0.25, 0.3) is 0 Å². The topological polar surface area (TPSA) is 63.4 Å². The quantitative estimate of drug-likeness (QED) is 0.919. The second-order valence-corrected chi connectivity index (χ2v) is 7.76. The average molecular weight is 296 g/mol. The second-order valence-electron chi connectivity index (χ2n) is 5.68. The van der Waals surface area contributed by atoms with Gasteiger partial charge in [-0.05, 0) is 38.4 Å². The summed E-state index contributed by atoms with van der Waals surface area (Å²) in [6.45, 7) is 7.65. The van der Waals surface area contributed by atoms with Crippen LogP contribution < -0.4 is 5.73 Å². The highest BCUT2D eigenvalue weighted by Crippen LogP contribution is 2.41. The maximum Gasteiger partial charge on any atom is 0.178 e. The van der Waals surface area contributed by atoms with Crippen LogP contribution in [0.4, 0.5) is 0 Å². The van der Waals surface area contributed by atoms with Gasteiger partial charge in [-0.15, -0.1) is 0 Å². The van der Waals surface area contributed by atoms with Crippen molar-refractivity contribution < 1.29 is 8.42 Å². The molecule has 0 saturated heterocycles. The molecule has 0 amide bonds. The molecule has 1 aromatic rings. The number of likely N-dealkylation sites (N-methyl/N-ethyl adjacent to an activating group) is 1. The van der Waals surface area contributed by atoms with Gasteiger partial charge in [-0.2, -0.15) is 0 Å². The molecule has 0 aliphatic carbocycles. The molecule has 0 aromatic heterocycles. The van der Waals surface area contributed by atoms with Crippen LogP contribution >= 0.6 is 0 Å². The van der Waals surface area contributed by atoms with Crippen molar-refractivity contribution in [1.82, 2.24) is 4.90 Å². The summed E-state index contributed by atoms with van der Waals surface area (Å²) in [5.74, 6) is 0.171. The van der Waals surface area contributed by atoms with Gasteiger partial charge in [-0.1, -0.05) is 25.1 Å². The van der Waals surface area contributed by atoms with E-state index in [1.807, 2.05) is 12.1 Å². The van der Waals surface area contributed by atoms with Crippen molar-refractivity contribution in [3.8, 4) is 0 Å². The first-order valence-corrected chi connectivity index (χ1v) is 8.83. The molecule has 2 rings (SSSR count). The van der Waals surface area contributed by atoms with Crippen molar-refractivity contribution in [2.24, 2.45) is 5.73 Å². The molecule has 20 heavy (non-hydrogen) atoms. The lowest BCUT2D eigenvalue weighted by Crippen LogP contribution is -2.56. The standard InChI is InChI=1S/C15H24N2O2S/c1-4-17(12(2)3)15(11-16)9-10-20(18,19)14-8-6-5-7-13(14)15/h5-8,12H,4,9-11,16H2,1-3H3. The molecule has 0 saturated carbocycles. The molecular formula is C15H24N2O2S. The van der Waals surface area contributed by atoms with Crippen LogP contribution in [0.15, 0.2) is 29.2 Å². The fourth-order valence-electron chi connectivity index (χ4n) is 3.46. The van der Waals surface area contributed by atoms with E-state index in [4.69, 9.17) is 5.73 Å². The Morgan fingerprint density at radius 1 is 1.35 bits per heavy atom. The normalized spacial score (nSPS) is 24.9. The Labute approximate surface area is 121 Å². The van der Waals surface area contributed by atoms with E-state index in [2.05, 4.69) is 25.7 Å². The van der Waals surface area contributed by atoms with Gasteiger partial charge in [-0.25, -0.2) is 8.42 Å². The van der Waals surface area contributed by atoms with Gasteiger partial charge in [0.1, 0.15) is 0 Å². The number of benzene rings is 1. The Kier molecular flexibility index (Phi) is 4.23. The predicted molar refractivity (Wildman–Crippen MR) is 81.4 cm³/mol. The first-order chi connectivity index (χ1) is 9.39. The lowest BCUT2D eigenvalue weighted by atomic mass is 9.83. The molecule has 1 aromatic carbocycles. The van der Waals surface area contributed by atoms with Crippen LogP contribution in [0.25, 0.3) is 0 Å². The van der Waals surface area contributed by atoms with Crippen LogP contribution in [-0.4, -0.2) is 38.2 Å². The maximum absolute atomic E-state index is 12.3. The molecule has 2 N–H and O–H groups in total. The van der Waals surface area contributed by atoms with Gasteiger partial charge < -0.3 is 5.73 Å². The van der Waals surface area contributed by atoms with Crippen LogP contribution in [0.3, 0.4) is 0 Å². The van der Waals surface area contributed by atoms with Gasteiger partial charge >= 0.3 is 0 Å². The summed E-state index contributed by atoms with van der Waals surface area (Å²) in [5, 5.41) is 0. The van der Waals surface area contributed by atoms with Crippen molar-refractivity contribution in [3.63, 3.8) is 0 Å². The third kappa shape index (κ3) is 2.28. The SMILES string of the molecule is CCN(C(C)C)C1(CN)CCS(=O)(=O)c2ccccc21. The molecule has 112 valence electrons. The van der Waals surface area contributed by atoms with Crippen molar-refractivity contribution >= 4 is 9.84 Å². The van der Waals surface area contributed by atoms with E-state index >= 15 is 0 Å². The molecule has 1 heterocycles. The van der Waals surface area contributed by atoms with Gasteiger partial charge in [0.15, 0.2) is 9.84 Å². The number of hydrogen-bond acceptors (Lipinski definition) is 4. The van der Waals surface area contributed by atoms with E-state index in [1.54, 1.807) is 12.1 Å². The molecule has 0 spiro atoms. The van der Waals surface area contributed by atoms with Crippen molar-refractivity contribution in [1.29, 1.82) is 0 Å². The van der Waals surface area contributed by atoms with Crippen LogP contribution in [0.2, 0.25) is 0 Å². The summed E-state index contributed by atoms with van der Waals surface area (Å²) in [7, 11) is -3.17. The van der Waals surface area contributed by atoms with Gasteiger partial charge in [0.05, 0.1) is 16.2 Å². The fraction of sp³-hybridized carbons (Fsp3) is 0.600. The molecule has 5 heteroatoms. The third-order valence-corrected chi connectivity index (χ3v) is 6.13. The smallest absolute Gasteiger partial charge is 0.178 e. The first kappa shape index (κ1) is 15.5. The molecule has 0 fully saturated rings. The van der Waals surface area contributed by atoms with Crippen molar-refractivity contribution in [2.45, 2.75) is 43.7 Å². The van der Waals surface area contributed by atoms with E-state index in [9.17, 15) is 8.42 Å². The van der Waals surface area contributed by atoms with Crippen molar-refractivity contribution in [2.75, 3.05) is 18.8 Å². The Hall–Kier alpha value is -0.910. The number of nitrogens with zero attached hydrogens (tertiary/aromatic N) is 1. The molecule has 0 bridgehead atoms. The van der Waals surface area contributed by atoms with Gasteiger partial charge in [-0.3, -0.25) is 4.90 Å². The number of fused-ring (bicyclic) bond motifs is 1. The van der Waals surface area contributed by atoms with E-state index in [1.165, 1.54) is 0 Å². The lowest BCUT2D eigenvalue weighted by molar-refractivity contribution is 0.0571. The van der Waals surface area contributed by atoms with E-state index in [-0.39, 0.29) is 11.3 Å². The highest BCUT2D eigenvalue weighted by atomic mass is 32.2. The maximum atomic E-state index is 12.3. The number of sulfone groups is 1. The fourth-order valence-corrected chi connectivity index (χ4v) is 5.17. The highest BCUT2D eigenvalue weighted by Gasteiger charge is 2.45. The predicted octanol–water partition coefficient (Wildman–Crippen LogP) is 1.75. The van der Waals surface area contributed by atoms with Gasteiger partial charge in [0, 0.05) is 12.6 Å². The highest BCUT2D eigenvalue weighted by molar-refractivity contribution is 7.91. The van der Waals surface area contributed by atoms with Crippen LogP contribution in [0.1, 0.15) is 32.8 Å². The van der Waals surface area contributed by atoms with Gasteiger partial charge in [0.2, 0.25) is 0 Å². The largest absolute Gasteiger partial charge is 0.328 e. The van der Waals surface area contributed by atoms with Crippen LogP contribution in [0, 0.1) is 0 Å². The Bertz CT molecular complexity index is 583. The third-order valence-electron chi connectivity index (χ3n) is 4.36. The summed E-state index contributed by atoms with van der Waals surface area (Å²) < 4.78 is 24.6. The number of rotatable bonds is 4. The lowest BCUT2D eigenvalue weighted by Gasteiger charge is -2.48. The Balaban J connectivity index is 2.67. The minimum Gasteiger partial charge on any atom is -0.328 e. The average Bonchev–Trinajstić information content (AvgIpc) is 2.42. The van der Waals surface area contributed by atoms with Crippen LogP contribution in [-0.2, 0) is 15.4 Å². The van der Waals surface area contributed by atoms with E-state index in [0.29, 0.717) is 23.9 Å². The molecule has 1 atom stereocenters. The summed E-state index contributed by atoms with van der Waals surface area (Å²) in [6, 6.07) is 7.64. The monoisotopic (exact) mass is 296 g/mol. The summed E-state index contributed by atoms with van der Waals surface area (Å²) in [4.78, 5) is 2.77. The minimum atomic E-state index is -3.17. The number of hydrogen-bond donors (Lipinski definition) is 1. The summed E-state index contributed by atoms with van der Waals surface area (Å²) in [6.07, 6.45) is 0.564. The van der Waals surface area contributed by atoms with Crippen LogP contribution in [0.5, 0.6) is 0 Å².